The normalized spacial score (nSPS) is 15.6. The van der Waals surface area contributed by atoms with Gasteiger partial charge in [-0.2, -0.15) is 0 Å². The molecule has 1 aromatic carbocycles. The van der Waals surface area contributed by atoms with Gasteiger partial charge in [-0.3, -0.25) is 4.79 Å². The van der Waals surface area contributed by atoms with Crippen LogP contribution in [0.3, 0.4) is 0 Å². The van der Waals surface area contributed by atoms with Gasteiger partial charge >= 0.3 is 0 Å². The maximum absolute atomic E-state index is 12.1. The van der Waals surface area contributed by atoms with E-state index < -0.39 is 0 Å². The molecule has 0 aromatic heterocycles. The van der Waals surface area contributed by atoms with Gasteiger partial charge in [-0.05, 0) is 18.6 Å². The van der Waals surface area contributed by atoms with Crippen molar-refractivity contribution >= 4 is 5.91 Å². The van der Waals surface area contributed by atoms with Crippen LogP contribution in [0.4, 0.5) is 0 Å². The molecule has 0 unspecified atom stereocenters. The average Bonchev–Trinajstić information content (AvgIpc) is 2.18. The first kappa shape index (κ1) is 11.0. The van der Waals surface area contributed by atoms with Crippen LogP contribution in [0.5, 0.6) is 5.75 Å². The third kappa shape index (κ3) is 1.76. The van der Waals surface area contributed by atoms with Crippen LogP contribution >= 0.6 is 0 Å². The number of hydrogen-bond acceptors (Lipinski definition) is 3. The molecule has 0 bridgehead atoms. The van der Waals surface area contributed by atoms with Crippen LogP contribution in [0.1, 0.15) is 15.9 Å². The molecule has 1 aliphatic heterocycles. The monoisotopic (exact) mass is 220 g/mol. The van der Waals surface area contributed by atoms with Gasteiger partial charge in [-0.25, -0.2) is 0 Å². The predicted octanol–water partition coefficient (Wildman–Crippen LogP) is 0.744. The van der Waals surface area contributed by atoms with E-state index in [0.29, 0.717) is 5.56 Å². The minimum absolute atomic E-state index is 0.0895. The number of carbonyl (C=O) groups excluding carboxylic acids is 1. The molecule has 1 heterocycles. The Bertz CT molecular complexity index is 413. The first-order valence-electron chi connectivity index (χ1n) is 5.37. The summed E-state index contributed by atoms with van der Waals surface area (Å²) in [6.45, 7) is 3.45. The summed E-state index contributed by atoms with van der Waals surface area (Å²) in [5.74, 6) is -0.0284. The van der Waals surface area contributed by atoms with Gasteiger partial charge in [0.15, 0.2) is 0 Å². The number of rotatable bonds is 2. The van der Waals surface area contributed by atoms with Crippen molar-refractivity contribution in [1.82, 2.24) is 10.2 Å². The molecule has 1 aromatic rings. The molecule has 86 valence electrons. The highest BCUT2D eigenvalue weighted by Gasteiger charge is 2.27. The molecule has 0 spiro atoms. The van der Waals surface area contributed by atoms with Gasteiger partial charge < -0.3 is 15.3 Å². The minimum atomic E-state index is -0.118. The zero-order valence-corrected chi connectivity index (χ0v) is 9.53. The van der Waals surface area contributed by atoms with E-state index >= 15 is 0 Å². The molecule has 16 heavy (non-hydrogen) atoms. The first-order chi connectivity index (χ1) is 7.61. The Kier molecular flexibility index (Phi) is 2.83. The Morgan fingerprint density at radius 1 is 1.50 bits per heavy atom. The molecule has 2 N–H and O–H groups in total. The number of nitrogens with one attached hydrogen (secondary N) is 1. The lowest BCUT2D eigenvalue weighted by Crippen LogP contribution is -2.57. The Morgan fingerprint density at radius 2 is 2.19 bits per heavy atom. The first-order valence-corrected chi connectivity index (χ1v) is 5.37. The van der Waals surface area contributed by atoms with Gasteiger partial charge in [0.05, 0.1) is 11.6 Å². The SMILES string of the molecule is Cc1cccc(C(=O)N(C)C2CNC2)c1O. The fourth-order valence-corrected chi connectivity index (χ4v) is 1.73. The molecule has 1 saturated heterocycles. The summed E-state index contributed by atoms with van der Waals surface area (Å²) in [6, 6.07) is 5.48. The van der Waals surface area contributed by atoms with Crippen molar-refractivity contribution in [1.29, 1.82) is 0 Å². The van der Waals surface area contributed by atoms with Gasteiger partial charge in [-0.1, -0.05) is 12.1 Å². The van der Waals surface area contributed by atoms with Crippen molar-refractivity contribution in [3.63, 3.8) is 0 Å². The third-order valence-electron chi connectivity index (χ3n) is 3.10. The van der Waals surface area contributed by atoms with Crippen molar-refractivity contribution < 1.29 is 9.90 Å². The second kappa shape index (κ2) is 4.14. The molecule has 4 heteroatoms. The van der Waals surface area contributed by atoms with Crippen molar-refractivity contribution in [2.45, 2.75) is 13.0 Å². The molecule has 1 amide bonds. The highest BCUT2D eigenvalue weighted by molar-refractivity contribution is 5.97. The summed E-state index contributed by atoms with van der Waals surface area (Å²) in [6.07, 6.45) is 0. The summed E-state index contributed by atoms with van der Waals surface area (Å²) >= 11 is 0. The van der Waals surface area contributed by atoms with Crippen LogP contribution in [0, 0.1) is 6.92 Å². The highest BCUT2D eigenvalue weighted by atomic mass is 16.3. The Balaban J connectivity index is 2.22. The summed E-state index contributed by atoms with van der Waals surface area (Å²) in [5, 5.41) is 12.9. The van der Waals surface area contributed by atoms with Crippen LogP contribution in [-0.4, -0.2) is 42.1 Å². The second-order valence-electron chi connectivity index (χ2n) is 4.20. The molecular weight excluding hydrogens is 204 g/mol. The summed E-state index contributed by atoms with van der Waals surface area (Å²) < 4.78 is 0. The maximum atomic E-state index is 12.1. The zero-order chi connectivity index (χ0) is 11.7. The second-order valence-corrected chi connectivity index (χ2v) is 4.20. The molecule has 0 atom stereocenters. The third-order valence-corrected chi connectivity index (χ3v) is 3.10. The van der Waals surface area contributed by atoms with Crippen LogP contribution in [0.25, 0.3) is 0 Å². The standard InChI is InChI=1S/C12H16N2O2/c1-8-4-3-5-10(11(8)15)12(16)14(2)9-6-13-7-9/h3-5,9,13,15H,6-7H2,1-2H3. The van der Waals surface area contributed by atoms with Crippen molar-refractivity contribution in [2.75, 3.05) is 20.1 Å². The molecule has 0 aliphatic carbocycles. The lowest BCUT2D eigenvalue weighted by atomic mass is 10.1. The molecule has 2 rings (SSSR count). The van der Waals surface area contributed by atoms with Gasteiger partial charge in [0.2, 0.25) is 0 Å². The highest BCUT2D eigenvalue weighted by Crippen LogP contribution is 2.23. The molecule has 4 nitrogen and oxygen atoms in total. The largest absolute Gasteiger partial charge is 0.507 e. The lowest BCUT2D eigenvalue weighted by molar-refractivity contribution is 0.0678. The van der Waals surface area contributed by atoms with Crippen molar-refractivity contribution in [2.24, 2.45) is 0 Å². The number of nitrogens with zero attached hydrogens (tertiary/aromatic N) is 1. The number of benzene rings is 1. The summed E-state index contributed by atoms with van der Waals surface area (Å²) in [7, 11) is 1.77. The number of carbonyl (C=O) groups is 1. The van der Waals surface area contributed by atoms with Crippen molar-refractivity contribution in [3.05, 3.63) is 29.3 Å². The van der Waals surface area contributed by atoms with E-state index in [-0.39, 0.29) is 17.7 Å². The van der Waals surface area contributed by atoms with E-state index in [0.717, 1.165) is 18.7 Å². The topological polar surface area (TPSA) is 52.6 Å². The fourth-order valence-electron chi connectivity index (χ4n) is 1.73. The number of likely N-dealkylation sites (N-methyl/N-ethyl adjacent to an activating group) is 1. The fraction of sp³-hybridized carbons (Fsp3) is 0.417. The van der Waals surface area contributed by atoms with Crippen LogP contribution in [-0.2, 0) is 0 Å². The van der Waals surface area contributed by atoms with E-state index in [1.54, 1.807) is 37.1 Å². The van der Waals surface area contributed by atoms with E-state index in [2.05, 4.69) is 5.32 Å². The Hall–Kier alpha value is -1.55. The predicted molar refractivity (Wildman–Crippen MR) is 61.6 cm³/mol. The van der Waals surface area contributed by atoms with Gasteiger partial charge in [0, 0.05) is 20.1 Å². The van der Waals surface area contributed by atoms with Crippen LogP contribution < -0.4 is 5.32 Å². The average molecular weight is 220 g/mol. The van der Waals surface area contributed by atoms with E-state index in [4.69, 9.17) is 0 Å². The number of para-hydroxylation sites is 1. The van der Waals surface area contributed by atoms with Gasteiger partial charge in [0.25, 0.3) is 5.91 Å². The number of aryl methyl sites for hydroxylation is 1. The lowest BCUT2D eigenvalue weighted by Gasteiger charge is -2.35. The van der Waals surface area contributed by atoms with E-state index in [9.17, 15) is 9.90 Å². The van der Waals surface area contributed by atoms with Gasteiger partial charge in [-0.15, -0.1) is 0 Å². The number of phenols is 1. The smallest absolute Gasteiger partial charge is 0.257 e. The van der Waals surface area contributed by atoms with Crippen molar-refractivity contribution in [3.8, 4) is 5.75 Å². The summed E-state index contributed by atoms with van der Waals surface area (Å²) in [5.41, 5.74) is 1.11. The number of phenolic OH excluding ortho intramolecular Hbond substituents is 1. The molecule has 1 fully saturated rings. The van der Waals surface area contributed by atoms with Crippen LogP contribution in [0.15, 0.2) is 18.2 Å². The maximum Gasteiger partial charge on any atom is 0.257 e. The zero-order valence-electron chi connectivity index (χ0n) is 9.53. The number of hydrogen-bond donors (Lipinski definition) is 2. The van der Waals surface area contributed by atoms with E-state index in [1.165, 1.54) is 0 Å². The summed E-state index contributed by atoms with van der Waals surface area (Å²) in [4.78, 5) is 13.8. The Labute approximate surface area is 94.9 Å². The van der Waals surface area contributed by atoms with E-state index in [1.807, 2.05) is 0 Å². The van der Waals surface area contributed by atoms with Gasteiger partial charge in [0.1, 0.15) is 5.75 Å². The molecular formula is C12H16N2O2. The quantitative estimate of drug-likeness (QED) is 0.773. The Morgan fingerprint density at radius 3 is 2.75 bits per heavy atom. The minimum Gasteiger partial charge on any atom is -0.507 e. The number of aromatic hydroxyl groups is 1. The molecule has 0 saturated carbocycles. The van der Waals surface area contributed by atoms with Crippen LogP contribution in [0.2, 0.25) is 0 Å². The molecule has 1 aliphatic rings. The molecule has 0 radical (unpaired) electrons. The number of amides is 1.